The van der Waals surface area contributed by atoms with Crippen molar-refractivity contribution in [2.45, 2.75) is 38.5 Å². The molecule has 0 saturated carbocycles. The second kappa shape index (κ2) is 7.94. The van der Waals surface area contributed by atoms with Gasteiger partial charge in [0.2, 0.25) is 0 Å². The fourth-order valence-corrected chi connectivity index (χ4v) is 5.72. The summed E-state index contributed by atoms with van der Waals surface area (Å²) in [4.78, 5) is 24.9. The first-order valence-electron chi connectivity index (χ1n) is 10.2. The van der Waals surface area contributed by atoms with Crippen LogP contribution in [0.4, 0.5) is 0 Å². The van der Waals surface area contributed by atoms with Gasteiger partial charge in [0.15, 0.2) is 5.92 Å². The van der Waals surface area contributed by atoms with E-state index in [2.05, 4.69) is 0 Å². The molecule has 0 N–H and O–H groups in total. The lowest BCUT2D eigenvalue weighted by atomic mass is 10.1. The summed E-state index contributed by atoms with van der Waals surface area (Å²) in [6.45, 7) is 6.58. The van der Waals surface area contributed by atoms with Gasteiger partial charge >= 0.3 is 11.9 Å². The Bertz CT molecular complexity index is 1380. The molecule has 0 aliphatic heterocycles. The third-order valence-electron chi connectivity index (χ3n) is 5.48. The van der Waals surface area contributed by atoms with E-state index in [1.54, 1.807) is 50.2 Å². The van der Waals surface area contributed by atoms with Crippen molar-refractivity contribution < 1.29 is 27.5 Å². The van der Waals surface area contributed by atoms with Gasteiger partial charge in [0, 0.05) is 17.9 Å². The Kier molecular flexibility index (Phi) is 5.42. The lowest BCUT2D eigenvalue weighted by molar-refractivity contribution is -0.146. The summed E-state index contributed by atoms with van der Waals surface area (Å²) >= 11 is 0. The Balaban J connectivity index is 2.08. The van der Waals surface area contributed by atoms with E-state index in [4.69, 9.17) is 9.47 Å². The molecular formula is C24H23NO6S. The average Bonchev–Trinajstić information content (AvgIpc) is 3.21. The number of carbonyl (C=O) groups excluding carboxylic acids is 2. The molecule has 0 saturated heterocycles. The minimum atomic E-state index is -4.08. The first-order valence-corrected chi connectivity index (χ1v) is 11.6. The van der Waals surface area contributed by atoms with Crippen LogP contribution in [0.3, 0.4) is 0 Å². The number of para-hydroxylation sites is 1. The molecule has 1 unspecified atom stereocenters. The lowest BCUT2D eigenvalue weighted by Crippen LogP contribution is -2.24. The number of hydrogen-bond acceptors (Lipinski definition) is 6. The van der Waals surface area contributed by atoms with E-state index < -0.39 is 27.9 Å². The summed E-state index contributed by atoms with van der Waals surface area (Å²) in [6, 6.07) is 13.5. The van der Waals surface area contributed by atoms with Gasteiger partial charge in [-0.2, -0.15) is 0 Å². The first-order chi connectivity index (χ1) is 15.2. The zero-order chi connectivity index (χ0) is 23.2. The van der Waals surface area contributed by atoms with Crippen LogP contribution in [0.15, 0.2) is 59.2 Å². The molecule has 32 heavy (non-hydrogen) atoms. The number of allylic oxidation sites excluding steroid dienone is 1. The summed E-state index contributed by atoms with van der Waals surface area (Å²) in [5.74, 6) is -2.36. The van der Waals surface area contributed by atoms with E-state index in [1.807, 2.05) is 6.92 Å². The standard InChI is InChI=1S/C24H23NO6S/c1-5-30-24(27)21-22-20(15(3)23(21)31-16(4)26)18-8-6-7-9-19(18)25(22)32(28,29)17-12-10-14(2)11-13-17/h6-13,21H,5H2,1-4H3. The van der Waals surface area contributed by atoms with Crippen LogP contribution in [0.5, 0.6) is 0 Å². The molecule has 7 nitrogen and oxygen atoms in total. The topological polar surface area (TPSA) is 91.7 Å². The molecule has 8 heteroatoms. The molecule has 0 amide bonds. The van der Waals surface area contributed by atoms with Gasteiger partial charge in [-0.15, -0.1) is 0 Å². The van der Waals surface area contributed by atoms with Gasteiger partial charge in [-0.3, -0.25) is 9.59 Å². The third-order valence-corrected chi connectivity index (χ3v) is 7.22. The second-order valence-electron chi connectivity index (χ2n) is 7.63. The number of carbonyl (C=O) groups is 2. The van der Waals surface area contributed by atoms with Gasteiger partial charge in [0.25, 0.3) is 10.0 Å². The minimum Gasteiger partial charge on any atom is -0.465 e. The van der Waals surface area contributed by atoms with Gasteiger partial charge in [-0.25, -0.2) is 12.4 Å². The summed E-state index contributed by atoms with van der Waals surface area (Å²) in [6.07, 6.45) is 0. The molecule has 0 fully saturated rings. The van der Waals surface area contributed by atoms with Crippen LogP contribution < -0.4 is 0 Å². The predicted molar refractivity (Wildman–Crippen MR) is 119 cm³/mol. The Morgan fingerprint density at radius 2 is 1.69 bits per heavy atom. The second-order valence-corrected chi connectivity index (χ2v) is 9.41. The van der Waals surface area contributed by atoms with Gasteiger partial charge in [-0.1, -0.05) is 35.9 Å². The summed E-state index contributed by atoms with van der Waals surface area (Å²) in [7, 11) is -4.08. The van der Waals surface area contributed by atoms with Crippen molar-refractivity contribution in [3.63, 3.8) is 0 Å². The van der Waals surface area contributed by atoms with E-state index in [1.165, 1.54) is 23.0 Å². The molecular weight excluding hydrogens is 430 g/mol. The highest BCUT2D eigenvalue weighted by Gasteiger charge is 2.45. The fraction of sp³-hybridized carbons (Fsp3) is 0.250. The highest BCUT2D eigenvalue weighted by molar-refractivity contribution is 7.90. The number of aromatic nitrogens is 1. The molecule has 166 valence electrons. The van der Waals surface area contributed by atoms with Gasteiger partial charge in [0.1, 0.15) is 5.76 Å². The molecule has 1 aliphatic rings. The van der Waals surface area contributed by atoms with Crippen molar-refractivity contribution in [2.24, 2.45) is 0 Å². The SMILES string of the molecule is CCOC(=O)C1C(OC(C)=O)=C(C)c2c1n(S(=O)(=O)c1ccc(C)cc1)c1ccccc21. The first kappa shape index (κ1) is 21.8. The molecule has 0 radical (unpaired) electrons. The number of ether oxygens (including phenoxy) is 2. The Labute approximate surface area is 186 Å². The molecule has 0 bridgehead atoms. The van der Waals surface area contributed by atoms with Gasteiger partial charge in [-0.05, 0) is 44.5 Å². The van der Waals surface area contributed by atoms with Crippen LogP contribution in [-0.4, -0.2) is 30.9 Å². The molecule has 1 atom stereocenters. The Hall–Kier alpha value is -3.39. The van der Waals surface area contributed by atoms with Crippen molar-refractivity contribution in [1.29, 1.82) is 0 Å². The molecule has 1 aliphatic carbocycles. The molecule has 2 aromatic carbocycles. The maximum Gasteiger partial charge on any atom is 0.322 e. The van der Waals surface area contributed by atoms with Crippen LogP contribution in [0.25, 0.3) is 16.5 Å². The van der Waals surface area contributed by atoms with Crippen LogP contribution in [0.2, 0.25) is 0 Å². The summed E-state index contributed by atoms with van der Waals surface area (Å²) in [5.41, 5.74) is 2.67. The number of nitrogens with zero attached hydrogens (tertiary/aromatic N) is 1. The maximum atomic E-state index is 13.8. The zero-order valence-electron chi connectivity index (χ0n) is 18.2. The number of fused-ring (bicyclic) bond motifs is 3. The smallest absolute Gasteiger partial charge is 0.322 e. The van der Waals surface area contributed by atoms with E-state index in [0.29, 0.717) is 22.0 Å². The maximum absolute atomic E-state index is 13.8. The van der Waals surface area contributed by atoms with Crippen molar-refractivity contribution in [1.82, 2.24) is 3.97 Å². The quantitative estimate of drug-likeness (QED) is 0.539. The largest absolute Gasteiger partial charge is 0.465 e. The van der Waals surface area contributed by atoms with Crippen molar-refractivity contribution in [3.05, 3.63) is 71.1 Å². The van der Waals surface area contributed by atoms with E-state index in [9.17, 15) is 18.0 Å². The lowest BCUT2D eigenvalue weighted by Gasteiger charge is -2.18. The van der Waals surface area contributed by atoms with Crippen molar-refractivity contribution in [2.75, 3.05) is 6.61 Å². The molecule has 0 spiro atoms. The van der Waals surface area contributed by atoms with Crippen LogP contribution >= 0.6 is 0 Å². The van der Waals surface area contributed by atoms with Crippen LogP contribution in [-0.2, 0) is 29.1 Å². The average molecular weight is 454 g/mol. The Morgan fingerprint density at radius 3 is 2.31 bits per heavy atom. The number of aryl methyl sites for hydroxylation is 1. The van der Waals surface area contributed by atoms with Crippen molar-refractivity contribution in [3.8, 4) is 0 Å². The zero-order valence-corrected chi connectivity index (χ0v) is 19.0. The monoisotopic (exact) mass is 453 g/mol. The fourth-order valence-electron chi connectivity index (χ4n) is 4.16. The molecule has 4 rings (SSSR count). The van der Waals surface area contributed by atoms with E-state index in [-0.39, 0.29) is 23.0 Å². The number of esters is 2. The van der Waals surface area contributed by atoms with Gasteiger partial charge < -0.3 is 9.47 Å². The van der Waals surface area contributed by atoms with E-state index >= 15 is 0 Å². The molecule has 1 heterocycles. The van der Waals surface area contributed by atoms with Gasteiger partial charge in [0.05, 0.1) is 22.7 Å². The highest BCUT2D eigenvalue weighted by atomic mass is 32.2. The Morgan fingerprint density at radius 1 is 1.03 bits per heavy atom. The predicted octanol–water partition coefficient (Wildman–Crippen LogP) is 4.14. The molecule has 1 aromatic heterocycles. The number of benzene rings is 2. The number of rotatable bonds is 5. The normalized spacial score (nSPS) is 15.7. The summed E-state index contributed by atoms with van der Waals surface area (Å²) < 4.78 is 39.5. The highest BCUT2D eigenvalue weighted by Crippen LogP contribution is 2.49. The molecule has 3 aromatic rings. The van der Waals surface area contributed by atoms with Crippen LogP contribution in [0.1, 0.15) is 43.5 Å². The number of hydrogen-bond donors (Lipinski definition) is 0. The van der Waals surface area contributed by atoms with Crippen molar-refractivity contribution >= 4 is 38.4 Å². The summed E-state index contributed by atoms with van der Waals surface area (Å²) in [5, 5.41) is 0.645. The minimum absolute atomic E-state index is 0.0906. The van der Waals surface area contributed by atoms with Crippen LogP contribution in [0, 0.1) is 6.92 Å². The van der Waals surface area contributed by atoms with E-state index in [0.717, 1.165) is 5.56 Å². The third kappa shape index (κ3) is 3.31.